The molecule has 0 radical (unpaired) electrons. The molecule has 9 heteroatoms. The van der Waals surface area contributed by atoms with Crippen LogP contribution in [-0.2, 0) is 16.6 Å². The SMILES string of the molecule is CCOc1cncc(C#Cc2ccccc2CN2CCN(c3ccc(C(=O)NS(=O)(=O)C(C)(C)C)cc3)CC2)c1. The van der Waals surface area contributed by atoms with Gasteiger partial charge in [0.15, 0.2) is 0 Å². The van der Waals surface area contributed by atoms with E-state index in [0.29, 0.717) is 17.9 Å². The highest BCUT2D eigenvalue weighted by molar-refractivity contribution is 7.91. The first-order chi connectivity index (χ1) is 19.1. The molecule has 1 fully saturated rings. The van der Waals surface area contributed by atoms with Gasteiger partial charge in [-0.2, -0.15) is 0 Å². The van der Waals surface area contributed by atoms with Gasteiger partial charge < -0.3 is 9.64 Å². The highest BCUT2D eigenvalue weighted by Gasteiger charge is 2.31. The number of amides is 1. The molecule has 2 aromatic carbocycles. The van der Waals surface area contributed by atoms with Crippen molar-refractivity contribution in [2.24, 2.45) is 0 Å². The third-order valence-corrected chi connectivity index (χ3v) is 8.74. The number of benzene rings is 2. The monoisotopic (exact) mass is 560 g/mol. The number of anilines is 1. The number of pyridine rings is 1. The van der Waals surface area contributed by atoms with Crippen molar-refractivity contribution in [1.82, 2.24) is 14.6 Å². The van der Waals surface area contributed by atoms with Crippen molar-refractivity contribution in [3.8, 4) is 17.6 Å². The lowest BCUT2D eigenvalue weighted by atomic mass is 10.1. The summed E-state index contributed by atoms with van der Waals surface area (Å²) in [6.07, 6.45) is 3.43. The van der Waals surface area contributed by atoms with Gasteiger partial charge in [-0.3, -0.25) is 14.7 Å². The van der Waals surface area contributed by atoms with Gasteiger partial charge in [0.1, 0.15) is 5.75 Å². The lowest BCUT2D eigenvalue weighted by molar-refractivity contribution is 0.0980. The predicted molar refractivity (Wildman–Crippen MR) is 158 cm³/mol. The van der Waals surface area contributed by atoms with Crippen molar-refractivity contribution in [2.75, 3.05) is 37.7 Å². The molecule has 0 atom stereocenters. The van der Waals surface area contributed by atoms with Crippen LogP contribution in [0.25, 0.3) is 0 Å². The zero-order valence-electron chi connectivity index (χ0n) is 23.5. The third-order valence-electron chi connectivity index (χ3n) is 6.68. The molecule has 1 saturated heterocycles. The summed E-state index contributed by atoms with van der Waals surface area (Å²) in [4.78, 5) is 21.4. The number of hydrogen-bond donors (Lipinski definition) is 1. The van der Waals surface area contributed by atoms with Gasteiger partial charge in [-0.25, -0.2) is 13.1 Å². The summed E-state index contributed by atoms with van der Waals surface area (Å²) >= 11 is 0. The Kier molecular flexibility index (Phi) is 9.13. The van der Waals surface area contributed by atoms with Crippen molar-refractivity contribution < 1.29 is 17.9 Å². The van der Waals surface area contributed by atoms with Crippen LogP contribution in [0.5, 0.6) is 5.75 Å². The van der Waals surface area contributed by atoms with Crippen LogP contribution in [0.4, 0.5) is 5.69 Å². The molecule has 1 N–H and O–H groups in total. The molecule has 1 aromatic heterocycles. The summed E-state index contributed by atoms with van der Waals surface area (Å²) in [5.41, 5.74) is 4.30. The Morgan fingerprint density at radius 3 is 2.38 bits per heavy atom. The first kappa shape index (κ1) is 29.1. The molecule has 1 aliphatic heterocycles. The Morgan fingerprint density at radius 1 is 1.00 bits per heavy atom. The summed E-state index contributed by atoms with van der Waals surface area (Å²) in [7, 11) is -3.76. The summed E-state index contributed by atoms with van der Waals surface area (Å²) in [5.74, 6) is 6.62. The van der Waals surface area contributed by atoms with Gasteiger partial charge in [-0.1, -0.05) is 30.0 Å². The van der Waals surface area contributed by atoms with E-state index in [1.165, 1.54) is 5.56 Å². The van der Waals surface area contributed by atoms with Crippen LogP contribution in [0.2, 0.25) is 0 Å². The minimum Gasteiger partial charge on any atom is -0.492 e. The topological polar surface area (TPSA) is 91.8 Å². The van der Waals surface area contributed by atoms with E-state index in [2.05, 4.69) is 37.4 Å². The molecular formula is C31H36N4O4S. The van der Waals surface area contributed by atoms with Crippen molar-refractivity contribution >= 4 is 21.6 Å². The van der Waals surface area contributed by atoms with E-state index in [0.717, 1.165) is 49.5 Å². The summed E-state index contributed by atoms with van der Waals surface area (Å²) in [6, 6.07) is 17.2. The molecule has 210 valence electrons. The summed E-state index contributed by atoms with van der Waals surface area (Å²) in [6.45, 7) is 11.4. The Hall–Kier alpha value is -3.87. The Balaban J connectivity index is 1.35. The maximum absolute atomic E-state index is 12.5. The number of aromatic nitrogens is 1. The van der Waals surface area contributed by atoms with E-state index in [-0.39, 0.29) is 0 Å². The van der Waals surface area contributed by atoms with E-state index in [9.17, 15) is 13.2 Å². The van der Waals surface area contributed by atoms with Crippen molar-refractivity contribution in [1.29, 1.82) is 0 Å². The van der Waals surface area contributed by atoms with E-state index in [1.54, 1.807) is 45.3 Å². The summed E-state index contributed by atoms with van der Waals surface area (Å²) in [5, 5.41) is 0. The molecule has 3 aromatic rings. The minimum atomic E-state index is -3.76. The Morgan fingerprint density at radius 2 is 1.70 bits per heavy atom. The van der Waals surface area contributed by atoms with Gasteiger partial charge in [0.05, 0.1) is 17.6 Å². The fourth-order valence-corrected chi connectivity index (χ4v) is 4.88. The second kappa shape index (κ2) is 12.5. The molecule has 1 amide bonds. The molecule has 40 heavy (non-hydrogen) atoms. The number of carbonyl (C=O) groups excluding carboxylic acids is 1. The molecule has 0 spiro atoms. The number of piperazine rings is 1. The summed E-state index contributed by atoms with van der Waals surface area (Å²) < 4.78 is 31.2. The number of sulfonamides is 1. The van der Waals surface area contributed by atoms with Gasteiger partial charge in [0, 0.05) is 61.3 Å². The fourth-order valence-electron chi connectivity index (χ4n) is 4.22. The maximum Gasteiger partial charge on any atom is 0.264 e. The van der Waals surface area contributed by atoms with Gasteiger partial charge >= 0.3 is 0 Å². The van der Waals surface area contributed by atoms with Crippen LogP contribution in [0.1, 0.15) is 54.7 Å². The normalized spacial score (nSPS) is 14.2. The average molecular weight is 561 g/mol. The Labute approximate surface area is 237 Å². The molecule has 0 unspecified atom stereocenters. The molecule has 4 rings (SSSR count). The lowest BCUT2D eigenvalue weighted by Gasteiger charge is -2.36. The van der Waals surface area contributed by atoms with Crippen molar-refractivity contribution in [3.63, 3.8) is 0 Å². The highest BCUT2D eigenvalue weighted by atomic mass is 32.2. The Bertz CT molecular complexity index is 1490. The van der Waals surface area contributed by atoms with E-state index in [4.69, 9.17) is 4.74 Å². The number of rotatable bonds is 7. The van der Waals surface area contributed by atoms with Crippen molar-refractivity contribution in [2.45, 2.75) is 39.0 Å². The van der Waals surface area contributed by atoms with Gasteiger partial charge in [0.2, 0.25) is 10.0 Å². The van der Waals surface area contributed by atoms with Crippen LogP contribution in [0.15, 0.2) is 67.0 Å². The number of hydrogen-bond acceptors (Lipinski definition) is 7. The minimum absolute atomic E-state index is 0.313. The van der Waals surface area contributed by atoms with Crippen LogP contribution in [0, 0.1) is 11.8 Å². The molecule has 0 aliphatic carbocycles. The average Bonchev–Trinajstić information content (AvgIpc) is 2.93. The first-order valence-electron chi connectivity index (χ1n) is 13.4. The number of nitrogens with one attached hydrogen (secondary N) is 1. The number of carbonyl (C=O) groups is 1. The molecular weight excluding hydrogens is 524 g/mol. The zero-order valence-corrected chi connectivity index (χ0v) is 24.3. The first-order valence-corrected chi connectivity index (χ1v) is 14.9. The van der Waals surface area contributed by atoms with Crippen LogP contribution in [-0.4, -0.2) is 61.7 Å². The largest absolute Gasteiger partial charge is 0.492 e. The van der Waals surface area contributed by atoms with Crippen LogP contribution < -0.4 is 14.4 Å². The van der Waals surface area contributed by atoms with E-state index >= 15 is 0 Å². The standard InChI is InChI=1S/C31H36N4O4S/c1-5-39-29-20-24(21-32-22-29)10-11-25-8-6-7-9-27(25)23-34-16-18-35(19-17-34)28-14-12-26(13-15-28)30(36)33-40(37,38)31(2,3)4/h6-9,12-15,20-22H,5,16-19,23H2,1-4H3,(H,33,36). The number of nitrogens with zero attached hydrogens (tertiary/aromatic N) is 3. The highest BCUT2D eigenvalue weighted by Crippen LogP contribution is 2.20. The van der Waals surface area contributed by atoms with Crippen LogP contribution >= 0.6 is 0 Å². The molecule has 8 nitrogen and oxygen atoms in total. The van der Waals surface area contributed by atoms with Crippen molar-refractivity contribution in [3.05, 3.63) is 89.2 Å². The van der Waals surface area contributed by atoms with E-state index < -0.39 is 20.7 Å². The zero-order chi connectivity index (χ0) is 28.8. The lowest BCUT2D eigenvalue weighted by Crippen LogP contribution is -2.46. The predicted octanol–water partition coefficient (Wildman–Crippen LogP) is 4.06. The second-order valence-corrected chi connectivity index (χ2v) is 13.0. The van der Waals surface area contributed by atoms with Gasteiger partial charge in [-0.05, 0) is 69.7 Å². The quantitative estimate of drug-likeness (QED) is 0.436. The van der Waals surface area contributed by atoms with E-state index in [1.807, 2.05) is 43.3 Å². The molecule has 0 bridgehead atoms. The third kappa shape index (κ3) is 7.40. The van der Waals surface area contributed by atoms with Gasteiger partial charge in [-0.15, -0.1) is 0 Å². The number of ether oxygens (including phenoxy) is 1. The molecule has 2 heterocycles. The maximum atomic E-state index is 12.5. The fraction of sp³-hybridized carbons (Fsp3) is 0.355. The smallest absolute Gasteiger partial charge is 0.264 e. The second-order valence-electron chi connectivity index (χ2n) is 10.6. The molecule has 1 aliphatic rings. The van der Waals surface area contributed by atoms with Gasteiger partial charge in [0.25, 0.3) is 5.91 Å². The molecule has 0 saturated carbocycles. The van der Waals surface area contributed by atoms with Crippen LogP contribution in [0.3, 0.4) is 0 Å².